The minimum absolute atomic E-state index is 0.282. The standard InChI is InChI=1S/C14H12ClFN2S2/c1-20-12-4-2-3-10(13(12)14(17)19)18-11-7-8(16)5-6-9(11)15/h2-7,18H,1H3,(H2,17,19). The molecule has 0 aromatic heterocycles. The van der Waals surface area contributed by atoms with Crippen molar-refractivity contribution in [1.29, 1.82) is 0 Å². The summed E-state index contributed by atoms with van der Waals surface area (Å²) in [6, 6.07) is 9.77. The molecule has 0 saturated carbocycles. The summed E-state index contributed by atoms with van der Waals surface area (Å²) >= 11 is 12.7. The highest BCUT2D eigenvalue weighted by molar-refractivity contribution is 7.98. The molecule has 0 aliphatic carbocycles. The lowest BCUT2D eigenvalue weighted by Crippen LogP contribution is -2.13. The number of rotatable bonds is 4. The Morgan fingerprint density at radius 2 is 2.05 bits per heavy atom. The lowest BCUT2D eigenvalue weighted by Gasteiger charge is -2.15. The van der Waals surface area contributed by atoms with Gasteiger partial charge in [-0.05, 0) is 36.6 Å². The maximum atomic E-state index is 13.3. The van der Waals surface area contributed by atoms with Crippen LogP contribution in [-0.4, -0.2) is 11.2 Å². The second-order valence-electron chi connectivity index (χ2n) is 4.00. The fourth-order valence-electron chi connectivity index (χ4n) is 1.80. The number of nitrogens with one attached hydrogen (secondary N) is 1. The van der Waals surface area contributed by atoms with Crippen LogP contribution in [0.5, 0.6) is 0 Å². The van der Waals surface area contributed by atoms with Crippen molar-refractivity contribution in [1.82, 2.24) is 0 Å². The highest BCUT2D eigenvalue weighted by Gasteiger charge is 2.12. The first-order valence-corrected chi connectivity index (χ1v) is 7.73. The van der Waals surface area contributed by atoms with E-state index in [9.17, 15) is 4.39 Å². The molecule has 0 unspecified atom stereocenters. The van der Waals surface area contributed by atoms with Gasteiger partial charge in [-0.15, -0.1) is 11.8 Å². The Morgan fingerprint density at radius 3 is 2.70 bits per heavy atom. The van der Waals surface area contributed by atoms with Crippen molar-refractivity contribution >= 4 is 51.9 Å². The summed E-state index contributed by atoms with van der Waals surface area (Å²) in [4.78, 5) is 1.24. The van der Waals surface area contributed by atoms with Crippen molar-refractivity contribution in [2.75, 3.05) is 11.6 Å². The first-order valence-electron chi connectivity index (χ1n) is 5.72. The zero-order chi connectivity index (χ0) is 14.7. The molecule has 0 atom stereocenters. The molecule has 0 spiro atoms. The number of anilines is 2. The number of thiocarbonyl (C=S) groups is 1. The van der Waals surface area contributed by atoms with Gasteiger partial charge in [-0.2, -0.15) is 0 Å². The van der Waals surface area contributed by atoms with E-state index >= 15 is 0 Å². The molecule has 104 valence electrons. The van der Waals surface area contributed by atoms with Crippen LogP contribution in [0, 0.1) is 5.82 Å². The third-order valence-electron chi connectivity index (χ3n) is 2.69. The Hall–Kier alpha value is -1.30. The quantitative estimate of drug-likeness (QED) is 0.637. The topological polar surface area (TPSA) is 38.0 Å². The van der Waals surface area contributed by atoms with Gasteiger partial charge in [0.05, 0.1) is 10.7 Å². The normalized spacial score (nSPS) is 10.3. The summed E-state index contributed by atoms with van der Waals surface area (Å²) < 4.78 is 13.3. The second kappa shape index (κ2) is 6.43. The van der Waals surface area contributed by atoms with Crippen molar-refractivity contribution in [2.45, 2.75) is 4.90 Å². The summed E-state index contributed by atoms with van der Waals surface area (Å²) in [5.41, 5.74) is 7.70. The molecule has 0 bridgehead atoms. The molecule has 0 radical (unpaired) electrons. The molecule has 2 rings (SSSR count). The summed E-state index contributed by atoms with van der Waals surface area (Å²) in [6.45, 7) is 0. The van der Waals surface area contributed by atoms with Crippen LogP contribution in [0.1, 0.15) is 5.56 Å². The third-order valence-corrected chi connectivity index (χ3v) is 4.00. The smallest absolute Gasteiger partial charge is 0.125 e. The van der Waals surface area contributed by atoms with Crippen LogP contribution in [0.3, 0.4) is 0 Å². The maximum Gasteiger partial charge on any atom is 0.125 e. The van der Waals surface area contributed by atoms with Crippen molar-refractivity contribution in [3.63, 3.8) is 0 Å². The minimum Gasteiger partial charge on any atom is -0.389 e. The van der Waals surface area contributed by atoms with Crippen LogP contribution in [0.15, 0.2) is 41.3 Å². The molecular weight excluding hydrogens is 315 g/mol. The largest absolute Gasteiger partial charge is 0.389 e. The lowest BCUT2D eigenvalue weighted by molar-refractivity contribution is 0.628. The van der Waals surface area contributed by atoms with Gasteiger partial charge in [0.1, 0.15) is 10.8 Å². The zero-order valence-corrected chi connectivity index (χ0v) is 13.0. The molecule has 20 heavy (non-hydrogen) atoms. The number of nitrogens with two attached hydrogens (primary N) is 1. The van der Waals surface area contributed by atoms with E-state index in [0.29, 0.717) is 16.4 Å². The lowest BCUT2D eigenvalue weighted by atomic mass is 10.1. The molecule has 2 aromatic rings. The van der Waals surface area contributed by atoms with E-state index in [-0.39, 0.29) is 10.8 Å². The van der Waals surface area contributed by atoms with Gasteiger partial charge in [-0.25, -0.2) is 4.39 Å². The number of hydrogen-bond acceptors (Lipinski definition) is 3. The van der Waals surface area contributed by atoms with Gasteiger partial charge in [0.15, 0.2) is 0 Å². The van der Waals surface area contributed by atoms with Crippen LogP contribution >= 0.6 is 35.6 Å². The average molecular weight is 327 g/mol. The SMILES string of the molecule is CSc1cccc(Nc2cc(F)ccc2Cl)c1C(N)=S. The average Bonchev–Trinajstić information content (AvgIpc) is 2.42. The van der Waals surface area contributed by atoms with E-state index in [0.717, 1.165) is 10.5 Å². The molecular formula is C14H12ClFN2S2. The predicted octanol–water partition coefficient (Wildman–Crippen LogP) is 4.58. The highest BCUT2D eigenvalue weighted by atomic mass is 35.5. The van der Waals surface area contributed by atoms with Gasteiger partial charge in [-0.1, -0.05) is 29.9 Å². The van der Waals surface area contributed by atoms with Crippen molar-refractivity contribution in [2.24, 2.45) is 5.73 Å². The molecule has 2 nitrogen and oxygen atoms in total. The minimum atomic E-state index is -0.366. The van der Waals surface area contributed by atoms with Crippen LogP contribution < -0.4 is 11.1 Å². The Kier molecular flexibility index (Phi) is 4.86. The Bertz CT molecular complexity index is 662. The van der Waals surface area contributed by atoms with Gasteiger partial charge in [0.25, 0.3) is 0 Å². The number of benzene rings is 2. The third kappa shape index (κ3) is 3.23. The first kappa shape index (κ1) is 15.1. The number of halogens is 2. The maximum absolute atomic E-state index is 13.3. The van der Waals surface area contributed by atoms with E-state index < -0.39 is 0 Å². The Morgan fingerprint density at radius 1 is 1.30 bits per heavy atom. The molecule has 2 aromatic carbocycles. The fourth-order valence-corrected chi connectivity index (χ4v) is 2.89. The van der Waals surface area contributed by atoms with Crippen molar-refractivity contribution in [3.05, 3.63) is 52.8 Å². The van der Waals surface area contributed by atoms with Gasteiger partial charge < -0.3 is 11.1 Å². The number of hydrogen-bond donors (Lipinski definition) is 2. The van der Waals surface area contributed by atoms with E-state index in [4.69, 9.17) is 29.6 Å². The summed E-state index contributed by atoms with van der Waals surface area (Å²) in [5.74, 6) is -0.366. The molecule has 0 aliphatic heterocycles. The summed E-state index contributed by atoms with van der Waals surface area (Å²) in [7, 11) is 0. The highest BCUT2D eigenvalue weighted by Crippen LogP contribution is 2.32. The van der Waals surface area contributed by atoms with Crippen LogP contribution in [-0.2, 0) is 0 Å². The monoisotopic (exact) mass is 326 g/mol. The zero-order valence-electron chi connectivity index (χ0n) is 10.6. The van der Waals surface area contributed by atoms with E-state index in [1.54, 1.807) is 11.8 Å². The van der Waals surface area contributed by atoms with Crippen molar-refractivity contribution < 1.29 is 4.39 Å². The van der Waals surface area contributed by atoms with Gasteiger partial charge in [0, 0.05) is 16.1 Å². The van der Waals surface area contributed by atoms with Crippen LogP contribution in [0.2, 0.25) is 5.02 Å². The summed E-state index contributed by atoms with van der Waals surface area (Å²) in [5, 5.41) is 3.51. The van der Waals surface area contributed by atoms with E-state index in [2.05, 4.69) is 5.32 Å². The Balaban J connectivity index is 2.48. The molecule has 6 heteroatoms. The molecule has 0 fully saturated rings. The van der Waals surface area contributed by atoms with Gasteiger partial charge in [-0.3, -0.25) is 0 Å². The van der Waals surface area contributed by atoms with Crippen molar-refractivity contribution in [3.8, 4) is 0 Å². The molecule has 0 aliphatic rings. The Labute approximate surface area is 131 Å². The predicted molar refractivity (Wildman–Crippen MR) is 88.8 cm³/mol. The fraction of sp³-hybridized carbons (Fsp3) is 0.0714. The van der Waals surface area contributed by atoms with Crippen LogP contribution in [0.25, 0.3) is 0 Å². The summed E-state index contributed by atoms with van der Waals surface area (Å²) in [6.07, 6.45) is 1.94. The van der Waals surface area contributed by atoms with Gasteiger partial charge in [0.2, 0.25) is 0 Å². The molecule has 0 heterocycles. The number of thioether (sulfide) groups is 1. The van der Waals surface area contributed by atoms with E-state index in [1.807, 2.05) is 24.5 Å². The molecule has 0 amide bonds. The molecule has 0 saturated heterocycles. The van der Waals surface area contributed by atoms with Crippen LogP contribution in [0.4, 0.5) is 15.8 Å². The first-order chi connectivity index (χ1) is 9.52. The second-order valence-corrected chi connectivity index (χ2v) is 5.69. The molecule has 3 N–H and O–H groups in total. The van der Waals surface area contributed by atoms with E-state index in [1.165, 1.54) is 18.2 Å². The van der Waals surface area contributed by atoms with Gasteiger partial charge >= 0.3 is 0 Å².